The number of hydrogen-bond acceptors (Lipinski definition) is 7. The van der Waals surface area contributed by atoms with Crippen molar-refractivity contribution in [3.63, 3.8) is 0 Å². The number of ketones is 1. The lowest BCUT2D eigenvalue weighted by atomic mass is 9.85. The second-order valence-electron chi connectivity index (χ2n) is 9.42. The van der Waals surface area contributed by atoms with Crippen LogP contribution >= 0.6 is 0 Å². The van der Waals surface area contributed by atoms with E-state index in [0.29, 0.717) is 35.0 Å². The van der Waals surface area contributed by atoms with Gasteiger partial charge in [0.15, 0.2) is 16.7 Å². The molecule has 1 aliphatic rings. The van der Waals surface area contributed by atoms with Crippen LogP contribution in [-0.2, 0) is 25.8 Å². The van der Waals surface area contributed by atoms with Crippen molar-refractivity contribution < 1.29 is 18.0 Å². The molecule has 0 spiro atoms. The van der Waals surface area contributed by atoms with Crippen LogP contribution in [0.5, 0.6) is 0 Å². The number of likely N-dealkylation sites (tertiary alicyclic amines) is 1. The van der Waals surface area contributed by atoms with Crippen molar-refractivity contribution in [3.05, 3.63) is 77.9 Å². The van der Waals surface area contributed by atoms with Crippen LogP contribution in [0.4, 0.5) is 0 Å². The highest BCUT2D eigenvalue weighted by atomic mass is 32.2. The smallest absolute Gasteiger partial charge is 0.250 e. The molecule has 1 unspecified atom stereocenters. The van der Waals surface area contributed by atoms with Gasteiger partial charge in [0, 0.05) is 30.5 Å². The van der Waals surface area contributed by atoms with Crippen molar-refractivity contribution in [1.82, 2.24) is 4.90 Å². The number of hydrogen-bond donors (Lipinski definition) is 4. The average Bonchev–Trinajstić information content (AvgIpc) is 2.92. The third-order valence-corrected chi connectivity index (χ3v) is 8.71. The van der Waals surface area contributed by atoms with E-state index < -0.39 is 32.4 Å². The first-order valence-corrected chi connectivity index (χ1v) is 13.6. The zero-order valence-electron chi connectivity index (χ0n) is 20.4. The van der Waals surface area contributed by atoms with Gasteiger partial charge in [-0.05, 0) is 36.3 Å². The molecule has 10 heteroatoms. The number of nitrogens with one attached hydrogen (secondary N) is 1. The molecule has 4 rings (SSSR count). The minimum absolute atomic E-state index is 0.0926. The van der Waals surface area contributed by atoms with E-state index in [1.54, 1.807) is 60.7 Å². The number of carbonyl (C=O) groups is 2. The fraction of sp³-hybridized carbons (Fsp3) is 0.296. The number of nitrogens with zero attached hydrogens (tertiary/aromatic N) is 1. The van der Waals surface area contributed by atoms with E-state index in [0.717, 1.165) is 19.3 Å². The molecule has 9 nitrogen and oxygen atoms in total. The van der Waals surface area contributed by atoms with Gasteiger partial charge in [-0.25, -0.2) is 8.42 Å². The summed E-state index contributed by atoms with van der Waals surface area (Å²) in [5, 5.41) is 6.63. The molecule has 0 radical (unpaired) electrons. The first kappa shape index (κ1) is 26.5. The fourth-order valence-corrected chi connectivity index (χ4v) is 6.27. The highest BCUT2D eigenvalue weighted by Crippen LogP contribution is 2.28. The Labute approximate surface area is 216 Å². The number of fused-ring (bicyclic) bond motifs is 1. The zero-order valence-corrected chi connectivity index (χ0v) is 21.2. The van der Waals surface area contributed by atoms with Crippen molar-refractivity contribution in [2.45, 2.75) is 41.5 Å². The van der Waals surface area contributed by atoms with Gasteiger partial charge in [-0.15, -0.1) is 0 Å². The molecule has 1 heterocycles. The van der Waals surface area contributed by atoms with Crippen LogP contribution < -0.4 is 17.2 Å². The standard InChI is InChI=1S/C27H31N5O4S/c28-24(29)20-13-11-18(12-14-20)17-27(31,26(34)32-15-4-1-5-16-32)23(33)25(30)37(35,36)22-10-6-8-19-7-2-3-9-21(19)22/h2-3,6-14,25H,1,4-5,15-17,30-31H2,(H3,28,29)/t25?,27-/m1/s1. The van der Waals surface area contributed by atoms with E-state index in [1.165, 1.54) is 11.0 Å². The molecule has 3 aromatic carbocycles. The fourth-order valence-electron chi connectivity index (χ4n) is 4.75. The number of sulfone groups is 1. The average molecular weight is 522 g/mol. The monoisotopic (exact) mass is 521 g/mol. The number of amides is 1. The van der Waals surface area contributed by atoms with Crippen molar-refractivity contribution in [2.24, 2.45) is 17.2 Å². The lowest BCUT2D eigenvalue weighted by molar-refractivity contribution is -0.143. The van der Waals surface area contributed by atoms with Gasteiger partial charge >= 0.3 is 0 Å². The minimum Gasteiger partial charge on any atom is -0.384 e. The Balaban J connectivity index is 1.74. The summed E-state index contributed by atoms with van der Waals surface area (Å²) >= 11 is 0. The van der Waals surface area contributed by atoms with Crippen molar-refractivity contribution in [2.75, 3.05) is 13.1 Å². The van der Waals surface area contributed by atoms with Crippen molar-refractivity contribution in [3.8, 4) is 0 Å². The Bertz CT molecular complexity index is 1440. The van der Waals surface area contributed by atoms with E-state index in [2.05, 4.69) is 0 Å². The van der Waals surface area contributed by atoms with E-state index >= 15 is 0 Å². The van der Waals surface area contributed by atoms with E-state index in [9.17, 15) is 18.0 Å². The van der Waals surface area contributed by atoms with Gasteiger partial charge in [-0.2, -0.15) is 0 Å². The number of piperidine rings is 1. The highest BCUT2D eigenvalue weighted by Gasteiger charge is 2.50. The van der Waals surface area contributed by atoms with E-state index in [-0.39, 0.29) is 17.2 Å². The van der Waals surface area contributed by atoms with E-state index in [4.69, 9.17) is 22.6 Å². The number of benzene rings is 3. The molecule has 1 amide bonds. The molecular formula is C27H31N5O4S. The predicted molar refractivity (Wildman–Crippen MR) is 143 cm³/mol. The summed E-state index contributed by atoms with van der Waals surface area (Å²) < 4.78 is 27.3. The number of amidine groups is 1. The lowest BCUT2D eigenvalue weighted by Gasteiger charge is -2.36. The molecule has 7 N–H and O–H groups in total. The van der Waals surface area contributed by atoms with Crippen LogP contribution in [0.3, 0.4) is 0 Å². The minimum atomic E-state index is -4.39. The van der Waals surface area contributed by atoms with Gasteiger partial charge in [0.2, 0.25) is 9.84 Å². The predicted octanol–water partition coefficient (Wildman–Crippen LogP) is 1.70. The largest absolute Gasteiger partial charge is 0.384 e. The van der Waals surface area contributed by atoms with Gasteiger partial charge in [-0.3, -0.25) is 15.0 Å². The molecule has 0 aliphatic carbocycles. The number of Topliss-reactive ketones (excluding diaryl/α,β-unsaturated/α-hetero) is 1. The summed E-state index contributed by atoms with van der Waals surface area (Å²) in [6.45, 7) is 0.860. The summed E-state index contributed by atoms with van der Waals surface area (Å²) in [5.74, 6) is -1.84. The van der Waals surface area contributed by atoms with E-state index in [1.807, 2.05) is 0 Å². The molecule has 1 aliphatic heterocycles. The maximum absolute atomic E-state index is 13.9. The van der Waals surface area contributed by atoms with Crippen molar-refractivity contribution >= 4 is 38.1 Å². The van der Waals surface area contributed by atoms with Gasteiger partial charge in [0.25, 0.3) is 5.91 Å². The lowest BCUT2D eigenvalue weighted by Crippen LogP contribution is -2.67. The van der Waals surface area contributed by atoms with Crippen LogP contribution in [0.2, 0.25) is 0 Å². The van der Waals surface area contributed by atoms with Gasteiger partial charge in [0.05, 0.1) is 4.90 Å². The van der Waals surface area contributed by atoms with Crippen LogP contribution in [-0.4, -0.2) is 54.8 Å². The molecule has 1 fully saturated rings. The topological polar surface area (TPSA) is 173 Å². The van der Waals surface area contributed by atoms with Crippen LogP contribution in [0.1, 0.15) is 30.4 Å². The summed E-state index contributed by atoms with van der Waals surface area (Å²) in [5.41, 5.74) is 17.0. The molecule has 0 aromatic heterocycles. The molecule has 1 saturated heterocycles. The Kier molecular flexibility index (Phi) is 7.44. The molecule has 2 atom stereocenters. The Morgan fingerprint density at radius 1 is 0.946 bits per heavy atom. The third kappa shape index (κ3) is 5.13. The van der Waals surface area contributed by atoms with Crippen LogP contribution in [0.25, 0.3) is 10.8 Å². The van der Waals surface area contributed by atoms with Gasteiger partial charge in [0.1, 0.15) is 5.84 Å². The first-order chi connectivity index (χ1) is 17.6. The highest BCUT2D eigenvalue weighted by molar-refractivity contribution is 7.93. The summed E-state index contributed by atoms with van der Waals surface area (Å²) in [6.07, 6.45) is 2.24. The second-order valence-corrected chi connectivity index (χ2v) is 11.5. The van der Waals surface area contributed by atoms with Crippen LogP contribution in [0.15, 0.2) is 71.6 Å². The third-order valence-electron chi connectivity index (χ3n) is 6.86. The summed E-state index contributed by atoms with van der Waals surface area (Å²) in [6, 6.07) is 18.0. The second kappa shape index (κ2) is 10.4. The SMILES string of the molecule is N=C(N)c1ccc(C[C@@](N)(C(=O)C(N)S(=O)(=O)c2cccc3ccccc23)C(=O)N2CCCCC2)cc1. The molecular weight excluding hydrogens is 490 g/mol. The Morgan fingerprint density at radius 2 is 1.57 bits per heavy atom. The molecule has 3 aromatic rings. The van der Waals surface area contributed by atoms with Crippen molar-refractivity contribution in [1.29, 1.82) is 5.41 Å². The van der Waals surface area contributed by atoms with Gasteiger partial charge < -0.3 is 22.1 Å². The molecule has 0 saturated carbocycles. The molecule has 0 bridgehead atoms. The number of nitrogens with two attached hydrogens (primary N) is 3. The Morgan fingerprint density at radius 3 is 2.22 bits per heavy atom. The maximum atomic E-state index is 13.9. The molecule has 194 valence electrons. The Hall–Kier alpha value is -3.60. The summed E-state index contributed by atoms with van der Waals surface area (Å²) in [7, 11) is -4.39. The van der Waals surface area contributed by atoms with Gasteiger partial charge in [-0.1, -0.05) is 60.7 Å². The number of rotatable bonds is 8. The first-order valence-electron chi connectivity index (χ1n) is 12.1. The zero-order chi connectivity index (χ0) is 26.8. The normalized spacial score (nSPS) is 16.6. The maximum Gasteiger partial charge on any atom is 0.250 e. The van der Waals surface area contributed by atoms with Crippen LogP contribution in [0, 0.1) is 5.41 Å². The number of nitrogen functional groups attached to an aromatic ring is 1. The molecule has 37 heavy (non-hydrogen) atoms. The summed E-state index contributed by atoms with van der Waals surface area (Å²) in [4.78, 5) is 29.0. The number of carbonyl (C=O) groups excluding carboxylic acids is 2. The quantitative estimate of drug-likeness (QED) is 0.198.